The molecule has 1 amide bonds. The number of aliphatic hydroxyl groups is 1. The lowest BCUT2D eigenvalue weighted by molar-refractivity contribution is -0.126. The number of aliphatic hydroxyl groups excluding tert-OH is 1. The number of hydrogen-bond donors (Lipinski definition) is 2. The average Bonchev–Trinajstić information content (AvgIpc) is 3.05. The highest BCUT2D eigenvalue weighted by molar-refractivity contribution is 6.30. The normalized spacial score (nSPS) is 17.3. The van der Waals surface area contributed by atoms with Gasteiger partial charge in [-0.3, -0.25) is 4.79 Å². The van der Waals surface area contributed by atoms with Gasteiger partial charge in [-0.2, -0.15) is 5.10 Å². The molecule has 2 atom stereocenters. The van der Waals surface area contributed by atoms with Crippen molar-refractivity contribution in [1.82, 2.24) is 10.3 Å². The molecule has 2 unspecified atom stereocenters. The van der Waals surface area contributed by atoms with E-state index in [1.165, 1.54) is 12.8 Å². The zero-order chi connectivity index (χ0) is 17.5. The lowest BCUT2D eigenvalue weighted by atomic mass is 9.95. The van der Waals surface area contributed by atoms with Crippen LogP contribution in [0.1, 0.15) is 44.8 Å². The van der Waals surface area contributed by atoms with Crippen molar-refractivity contribution in [3.05, 3.63) is 34.9 Å². The zero-order valence-electron chi connectivity index (χ0n) is 14.3. The van der Waals surface area contributed by atoms with Gasteiger partial charge in [-0.1, -0.05) is 23.7 Å². The summed E-state index contributed by atoms with van der Waals surface area (Å²) in [7, 11) is 0. The molecule has 1 saturated heterocycles. The van der Waals surface area contributed by atoms with Crippen LogP contribution in [0.25, 0.3) is 0 Å². The van der Waals surface area contributed by atoms with Gasteiger partial charge in [-0.25, -0.2) is 5.43 Å². The molecule has 0 radical (unpaired) electrons. The van der Waals surface area contributed by atoms with E-state index in [-0.39, 0.29) is 11.8 Å². The van der Waals surface area contributed by atoms with Crippen LogP contribution in [0.4, 0.5) is 0 Å². The molecule has 6 heteroatoms. The predicted octanol–water partition coefficient (Wildman–Crippen LogP) is 2.99. The Bertz CT molecular complexity index is 564. The molecule has 0 saturated carbocycles. The third-order valence-electron chi connectivity index (χ3n) is 4.20. The molecular weight excluding hydrogens is 326 g/mol. The Labute approximate surface area is 148 Å². The smallest absolute Gasteiger partial charge is 0.244 e. The van der Waals surface area contributed by atoms with Crippen LogP contribution in [-0.2, 0) is 4.79 Å². The number of nitrogens with one attached hydrogen (secondary N) is 1. The number of rotatable bonds is 7. The molecule has 1 aliphatic rings. The van der Waals surface area contributed by atoms with Gasteiger partial charge in [0.2, 0.25) is 5.91 Å². The Balaban J connectivity index is 2.04. The lowest BCUT2D eigenvalue weighted by Crippen LogP contribution is -2.37. The van der Waals surface area contributed by atoms with Crippen LogP contribution >= 0.6 is 11.6 Å². The first-order valence-corrected chi connectivity index (χ1v) is 8.80. The van der Waals surface area contributed by atoms with Crippen LogP contribution in [-0.4, -0.2) is 41.3 Å². The number of hydrazone groups is 1. The number of nitrogens with zero attached hydrogens (tertiary/aromatic N) is 2. The van der Waals surface area contributed by atoms with Crippen LogP contribution < -0.4 is 5.43 Å². The van der Waals surface area contributed by atoms with Gasteiger partial charge >= 0.3 is 0 Å². The maximum atomic E-state index is 12.5. The van der Waals surface area contributed by atoms with E-state index in [0.29, 0.717) is 18.0 Å². The molecule has 1 fully saturated rings. The minimum atomic E-state index is -0.702. The molecule has 2 rings (SSSR count). The summed E-state index contributed by atoms with van der Waals surface area (Å²) in [5.41, 5.74) is 4.18. The average molecular weight is 352 g/mol. The van der Waals surface area contributed by atoms with E-state index in [9.17, 15) is 9.90 Å². The summed E-state index contributed by atoms with van der Waals surface area (Å²) in [6.07, 6.45) is 2.00. The van der Waals surface area contributed by atoms with Crippen molar-refractivity contribution < 1.29 is 9.90 Å². The van der Waals surface area contributed by atoms with Crippen LogP contribution in [0.5, 0.6) is 0 Å². The monoisotopic (exact) mass is 351 g/mol. The van der Waals surface area contributed by atoms with Crippen molar-refractivity contribution in [3.63, 3.8) is 0 Å². The SMILES string of the molecule is CC(C)=NNC(=O)C(CC(O)c1ccc(Cl)cc1)CN1CCCC1. The topological polar surface area (TPSA) is 64.9 Å². The zero-order valence-corrected chi connectivity index (χ0v) is 15.1. The molecule has 0 spiro atoms. The van der Waals surface area contributed by atoms with Gasteiger partial charge in [0, 0.05) is 17.3 Å². The third-order valence-corrected chi connectivity index (χ3v) is 4.45. The first-order valence-electron chi connectivity index (χ1n) is 8.42. The Kier molecular flexibility index (Phi) is 7.21. The van der Waals surface area contributed by atoms with Crippen molar-refractivity contribution in [2.45, 2.75) is 39.2 Å². The number of amides is 1. The highest BCUT2D eigenvalue weighted by Crippen LogP contribution is 2.24. The van der Waals surface area contributed by atoms with Crippen molar-refractivity contribution in [3.8, 4) is 0 Å². The second-order valence-corrected chi connectivity index (χ2v) is 6.98. The maximum absolute atomic E-state index is 12.5. The summed E-state index contributed by atoms with van der Waals surface area (Å²) in [4.78, 5) is 14.8. The van der Waals surface area contributed by atoms with Crippen molar-refractivity contribution in [2.75, 3.05) is 19.6 Å². The molecule has 5 nitrogen and oxygen atoms in total. The van der Waals surface area contributed by atoms with E-state index < -0.39 is 6.10 Å². The third kappa shape index (κ3) is 5.89. The first kappa shape index (κ1) is 18.9. The molecule has 0 aromatic heterocycles. The number of hydrogen-bond acceptors (Lipinski definition) is 4. The summed E-state index contributed by atoms with van der Waals surface area (Å²) in [5, 5.41) is 15.1. The van der Waals surface area contributed by atoms with Crippen LogP contribution in [0.2, 0.25) is 5.02 Å². The van der Waals surface area contributed by atoms with E-state index in [1.807, 2.05) is 13.8 Å². The summed E-state index contributed by atoms with van der Waals surface area (Å²) >= 11 is 5.89. The summed E-state index contributed by atoms with van der Waals surface area (Å²) in [6.45, 7) is 6.33. The lowest BCUT2D eigenvalue weighted by Gasteiger charge is -2.24. The summed E-state index contributed by atoms with van der Waals surface area (Å²) in [6, 6.07) is 7.10. The Morgan fingerprint density at radius 1 is 1.29 bits per heavy atom. The van der Waals surface area contributed by atoms with Crippen molar-refractivity contribution >= 4 is 23.2 Å². The fourth-order valence-corrected chi connectivity index (χ4v) is 3.02. The van der Waals surface area contributed by atoms with Gasteiger partial charge < -0.3 is 10.0 Å². The van der Waals surface area contributed by atoms with Gasteiger partial charge in [-0.05, 0) is 63.9 Å². The fraction of sp³-hybridized carbons (Fsp3) is 0.556. The van der Waals surface area contributed by atoms with E-state index in [2.05, 4.69) is 15.4 Å². The number of carbonyl (C=O) groups excluding carboxylic acids is 1. The first-order chi connectivity index (χ1) is 11.5. The molecule has 1 aliphatic heterocycles. The molecule has 1 heterocycles. The van der Waals surface area contributed by atoms with Gasteiger partial charge in [0.1, 0.15) is 0 Å². The van der Waals surface area contributed by atoms with E-state index >= 15 is 0 Å². The molecule has 0 bridgehead atoms. The van der Waals surface area contributed by atoms with Crippen molar-refractivity contribution in [1.29, 1.82) is 0 Å². The minimum Gasteiger partial charge on any atom is -0.388 e. The molecule has 1 aromatic carbocycles. The second-order valence-electron chi connectivity index (χ2n) is 6.54. The van der Waals surface area contributed by atoms with Crippen LogP contribution in [0.15, 0.2) is 29.4 Å². The van der Waals surface area contributed by atoms with E-state index in [1.54, 1.807) is 24.3 Å². The highest BCUT2D eigenvalue weighted by Gasteiger charge is 2.26. The summed E-state index contributed by atoms with van der Waals surface area (Å²) < 4.78 is 0. The standard InChI is InChI=1S/C18H26ClN3O2/c1-13(2)20-21-18(24)15(12-22-9-3-4-10-22)11-17(23)14-5-7-16(19)8-6-14/h5-8,15,17,23H,3-4,9-12H2,1-2H3,(H,21,24). The molecule has 132 valence electrons. The quantitative estimate of drug-likeness (QED) is 0.586. The Morgan fingerprint density at radius 2 is 1.92 bits per heavy atom. The number of carbonyl (C=O) groups is 1. The number of likely N-dealkylation sites (tertiary alicyclic amines) is 1. The minimum absolute atomic E-state index is 0.142. The van der Waals surface area contributed by atoms with E-state index in [4.69, 9.17) is 11.6 Å². The Hall–Kier alpha value is -1.43. The highest BCUT2D eigenvalue weighted by atomic mass is 35.5. The predicted molar refractivity (Wildman–Crippen MR) is 97.1 cm³/mol. The van der Waals surface area contributed by atoms with Gasteiger partial charge in [0.25, 0.3) is 0 Å². The van der Waals surface area contributed by atoms with Gasteiger partial charge in [0.05, 0.1) is 12.0 Å². The maximum Gasteiger partial charge on any atom is 0.244 e. The molecule has 24 heavy (non-hydrogen) atoms. The molecule has 0 aliphatic carbocycles. The summed E-state index contributed by atoms with van der Waals surface area (Å²) in [5.74, 6) is -0.451. The van der Waals surface area contributed by atoms with Gasteiger partial charge in [0.15, 0.2) is 0 Å². The fourth-order valence-electron chi connectivity index (χ4n) is 2.89. The second kappa shape index (κ2) is 9.16. The Morgan fingerprint density at radius 3 is 2.50 bits per heavy atom. The molecule has 2 N–H and O–H groups in total. The largest absolute Gasteiger partial charge is 0.388 e. The van der Waals surface area contributed by atoms with Crippen molar-refractivity contribution in [2.24, 2.45) is 11.0 Å². The number of halogens is 1. The molecular formula is C18H26ClN3O2. The number of benzene rings is 1. The van der Waals surface area contributed by atoms with Crippen LogP contribution in [0, 0.1) is 5.92 Å². The molecule has 1 aromatic rings. The van der Waals surface area contributed by atoms with E-state index in [0.717, 1.165) is 24.4 Å². The van der Waals surface area contributed by atoms with Crippen LogP contribution in [0.3, 0.4) is 0 Å². The van der Waals surface area contributed by atoms with Gasteiger partial charge in [-0.15, -0.1) is 0 Å².